The molecule has 0 spiro atoms. The van der Waals surface area contributed by atoms with Gasteiger partial charge in [-0.3, -0.25) is 9.36 Å². The molecule has 2 aliphatic rings. The number of carbonyl (C=O) groups is 1. The van der Waals surface area contributed by atoms with Gasteiger partial charge in [0.15, 0.2) is 5.82 Å². The van der Waals surface area contributed by atoms with Gasteiger partial charge in [-0.05, 0) is 31.9 Å². The first-order valence-electron chi connectivity index (χ1n) is 12.4. The van der Waals surface area contributed by atoms with Crippen LogP contribution in [0.2, 0.25) is 0 Å². The maximum atomic E-state index is 14.1. The molecule has 1 amide bonds. The molecule has 194 valence electrons. The van der Waals surface area contributed by atoms with Gasteiger partial charge in [0.05, 0.1) is 36.7 Å². The second kappa shape index (κ2) is 10.6. The summed E-state index contributed by atoms with van der Waals surface area (Å²) in [4.78, 5) is 30.3. The van der Waals surface area contributed by atoms with Gasteiger partial charge in [0, 0.05) is 31.7 Å². The number of nitrogens with one attached hydrogen (secondary N) is 1. The number of halogens is 2. The Labute approximate surface area is 212 Å². The number of hydrogen-bond acceptors (Lipinski definition) is 8. The van der Waals surface area contributed by atoms with Crippen molar-refractivity contribution in [2.45, 2.75) is 44.7 Å². The summed E-state index contributed by atoms with van der Waals surface area (Å²) in [7, 11) is 0. The van der Waals surface area contributed by atoms with E-state index in [0.717, 1.165) is 12.8 Å². The van der Waals surface area contributed by atoms with Gasteiger partial charge in [-0.2, -0.15) is 15.2 Å². The van der Waals surface area contributed by atoms with E-state index in [-0.39, 0.29) is 30.1 Å². The van der Waals surface area contributed by atoms with Crippen LogP contribution >= 0.6 is 0 Å². The molecule has 0 radical (unpaired) electrons. The molecule has 0 unspecified atom stereocenters. The Hall–Kier alpha value is -3.85. The number of imidazole rings is 1. The number of carbonyl (C=O) groups excluding carboxylic acids is 1. The highest BCUT2D eigenvalue weighted by atomic mass is 19.3. The van der Waals surface area contributed by atoms with Crippen molar-refractivity contribution < 1.29 is 18.3 Å². The highest BCUT2D eigenvalue weighted by Crippen LogP contribution is 2.30. The van der Waals surface area contributed by atoms with Crippen molar-refractivity contribution in [2.75, 3.05) is 43.1 Å². The van der Waals surface area contributed by atoms with E-state index in [4.69, 9.17) is 10.00 Å². The van der Waals surface area contributed by atoms with Gasteiger partial charge in [0.2, 0.25) is 11.9 Å². The first-order chi connectivity index (χ1) is 18.0. The third kappa shape index (κ3) is 5.32. The average Bonchev–Trinajstić information content (AvgIpc) is 3.67. The van der Waals surface area contributed by atoms with Crippen molar-refractivity contribution in [3.63, 3.8) is 0 Å². The van der Waals surface area contributed by atoms with Crippen LogP contribution in [0.1, 0.15) is 38.4 Å². The van der Waals surface area contributed by atoms with E-state index in [0.29, 0.717) is 49.7 Å². The molecule has 5 rings (SSSR count). The van der Waals surface area contributed by atoms with Crippen LogP contribution in [0.3, 0.4) is 0 Å². The van der Waals surface area contributed by atoms with Crippen LogP contribution in [0.25, 0.3) is 16.9 Å². The van der Waals surface area contributed by atoms with Crippen LogP contribution in [0.4, 0.5) is 20.5 Å². The van der Waals surface area contributed by atoms with Gasteiger partial charge in [0.25, 0.3) is 6.43 Å². The van der Waals surface area contributed by atoms with Crippen LogP contribution in [-0.4, -0.2) is 75.3 Å². The van der Waals surface area contributed by atoms with E-state index in [1.165, 1.54) is 4.57 Å². The normalized spacial score (nSPS) is 16.6. The molecule has 2 aromatic heterocycles. The summed E-state index contributed by atoms with van der Waals surface area (Å²) in [6.07, 6.45) is -0.729. The summed E-state index contributed by atoms with van der Waals surface area (Å²) in [5, 5.41) is 12.1. The molecule has 12 heteroatoms. The molecular formula is C25H28F2N8O2. The number of amides is 1. The number of benzene rings is 1. The van der Waals surface area contributed by atoms with Crippen molar-refractivity contribution >= 4 is 28.7 Å². The number of fused-ring (bicyclic) bond motifs is 1. The van der Waals surface area contributed by atoms with Crippen molar-refractivity contribution in [1.29, 1.82) is 5.26 Å². The minimum atomic E-state index is -2.82. The SMILES string of the molecule is C[C@H](Nc1nc(N2CCOCC2)cc(-n2c(C(F)F)nc3ccccc32)n1)C(=O)N(CCC#N)C1CC1. The number of aromatic nitrogens is 4. The summed E-state index contributed by atoms with van der Waals surface area (Å²) in [6.45, 7) is 4.28. The molecule has 1 N–H and O–H groups in total. The molecular weight excluding hydrogens is 482 g/mol. The number of rotatable bonds is 9. The predicted octanol–water partition coefficient (Wildman–Crippen LogP) is 3.29. The van der Waals surface area contributed by atoms with Gasteiger partial charge in [-0.15, -0.1) is 0 Å². The standard InChI is InChI=1S/C25H28F2N8O2/c1-16(24(36)34(10-4-9-28)17-7-8-17)29-25-31-20(33-11-13-37-14-12-33)15-21(32-25)35-19-6-3-2-5-18(19)30-23(35)22(26)27/h2-3,5-6,15-17,22H,4,7-8,10-14H2,1H3,(H,29,31,32)/t16-/m0/s1. The molecule has 2 fully saturated rings. The van der Waals surface area contributed by atoms with Crippen LogP contribution in [0.5, 0.6) is 0 Å². The lowest BCUT2D eigenvalue weighted by Gasteiger charge is -2.29. The smallest absolute Gasteiger partial charge is 0.296 e. The van der Waals surface area contributed by atoms with Gasteiger partial charge in [-0.1, -0.05) is 12.1 Å². The quantitative estimate of drug-likeness (QED) is 0.467. The third-order valence-corrected chi connectivity index (χ3v) is 6.50. The fourth-order valence-corrected chi connectivity index (χ4v) is 4.52. The molecule has 1 saturated carbocycles. The van der Waals surface area contributed by atoms with E-state index in [2.05, 4.69) is 26.3 Å². The van der Waals surface area contributed by atoms with Crippen LogP contribution in [-0.2, 0) is 9.53 Å². The molecule has 3 aromatic rings. The zero-order valence-corrected chi connectivity index (χ0v) is 20.5. The number of para-hydroxylation sites is 2. The average molecular weight is 511 g/mol. The van der Waals surface area contributed by atoms with Gasteiger partial charge >= 0.3 is 0 Å². The summed E-state index contributed by atoms with van der Waals surface area (Å²) in [5.74, 6) is 0.345. The maximum absolute atomic E-state index is 14.1. The van der Waals surface area contributed by atoms with Crippen LogP contribution in [0, 0.1) is 11.3 Å². The first-order valence-corrected chi connectivity index (χ1v) is 12.4. The third-order valence-electron chi connectivity index (χ3n) is 6.50. The van der Waals surface area contributed by atoms with Crippen molar-refractivity contribution in [3.05, 3.63) is 36.2 Å². The number of morpholine rings is 1. The number of alkyl halides is 2. The minimum Gasteiger partial charge on any atom is -0.378 e. The number of anilines is 2. The largest absolute Gasteiger partial charge is 0.378 e. The zero-order chi connectivity index (χ0) is 25.9. The van der Waals surface area contributed by atoms with E-state index in [9.17, 15) is 13.6 Å². The molecule has 1 aromatic carbocycles. The topological polar surface area (TPSA) is 112 Å². The Kier molecular flexibility index (Phi) is 7.14. The van der Waals surface area contributed by atoms with Crippen molar-refractivity contribution in [3.8, 4) is 11.9 Å². The molecule has 0 bridgehead atoms. The number of nitrogens with zero attached hydrogens (tertiary/aromatic N) is 7. The summed E-state index contributed by atoms with van der Waals surface area (Å²) < 4.78 is 34.9. The van der Waals surface area contributed by atoms with E-state index in [1.54, 1.807) is 42.2 Å². The number of ether oxygens (including phenoxy) is 1. The Balaban J connectivity index is 1.52. The molecule has 1 atom stereocenters. The molecule has 3 heterocycles. The summed E-state index contributed by atoms with van der Waals surface area (Å²) in [6, 6.07) is 10.1. The summed E-state index contributed by atoms with van der Waals surface area (Å²) in [5.41, 5.74) is 0.927. The van der Waals surface area contributed by atoms with Crippen molar-refractivity contribution in [2.24, 2.45) is 0 Å². The predicted molar refractivity (Wildman–Crippen MR) is 133 cm³/mol. The molecule has 1 aliphatic carbocycles. The fraction of sp³-hybridized carbons (Fsp3) is 0.480. The highest BCUT2D eigenvalue weighted by Gasteiger charge is 2.34. The van der Waals surface area contributed by atoms with Crippen LogP contribution in [0.15, 0.2) is 30.3 Å². The lowest BCUT2D eigenvalue weighted by Crippen LogP contribution is -2.43. The second-order valence-electron chi connectivity index (χ2n) is 9.14. The second-order valence-corrected chi connectivity index (χ2v) is 9.14. The number of hydrogen-bond donors (Lipinski definition) is 1. The summed E-state index contributed by atoms with van der Waals surface area (Å²) >= 11 is 0. The lowest BCUT2D eigenvalue weighted by atomic mass is 10.2. The van der Waals surface area contributed by atoms with Gasteiger partial charge in [-0.25, -0.2) is 13.8 Å². The monoisotopic (exact) mass is 510 g/mol. The number of nitriles is 1. The highest BCUT2D eigenvalue weighted by molar-refractivity contribution is 5.84. The zero-order valence-electron chi connectivity index (χ0n) is 20.5. The Morgan fingerprint density at radius 2 is 1.95 bits per heavy atom. The maximum Gasteiger partial charge on any atom is 0.296 e. The Morgan fingerprint density at radius 1 is 1.22 bits per heavy atom. The molecule has 37 heavy (non-hydrogen) atoms. The van der Waals surface area contributed by atoms with Crippen LogP contribution < -0.4 is 10.2 Å². The van der Waals surface area contributed by atoms with E-state index < -0.39 is 18.3 Å². The first kappa shape index (κ1) is 24.8. The Morgan fingerprint density at radius 3 is 2.65 bits per heavy atom. The molecule has 1 aliphatic heterocycles. The lowest BCUT2D eigenvalue weighted by molar-refractivity contribution is -0.132. The molecule has 10 nitrogen and oxygen atoms in total. The van der Waals surface area contributed by atoms with E-state index in [1.807, 2.05) is 4.90 Å². The Bertz CT molecular complexity index is 1310. The minimum absolute atomic E-state index is 0.146. The fourth-order valence-electron chi connectivity index (χ4n) is 4.52. The van der Waals surface area contributed by atoms with Crippen molar-refractivity contribution in [1.82, 2.24) is 24.4 Å². The van der Waals surface area contributed by atoms with Gasteiger partial charge < -0.3 is 19.9 Å². The molecule has 1 saturated heterocycles. The van der Waals surface area contributed by atoms with E-state index >= 15 is 0 Å². The van der Waals surface area contributed by atoms with Gasteiger partial charge in [0.1, 0.15) is 17.7 Å².